The predicted octanol–water partition coefficient (Wildman–Crippen LogP) is 6.34. The fourth-order valence-corrected chi connectivity index (χ4v) is 6.11. The van der Waals surface area contributed by atoms with Gasteiger partial charge >= 0.3 is 5.97 Å². The Hall–Kier alpha value is -4.24. The highest BCUT2D eigenvalue weighted by Gasteiger charge is 2.59. The number of nitriles is 1. The summed E-state index contributed by atoms with van der Waals surface area (Å²) in [6, 6.07) is 14.6. The Balaban J connectivity index is 1.79. The van der Waals surface area contributed by atoms with Crippen molar-refractivity contribution in [1.29, 1.82) is 5.26 Å². The molecule has 0 bridgehead atoms. The number of rotatable bonds is 10. The molecular weight excluding hydrogens is 639 g/mol. The largest absolute Gasteiger partial charge is 0.495 e. The molecule has 1 saturated heterocycles. The van der Waals surface area contributed by atoms with Crippen molar-refractivity contribution in [1.82, 2.24) is 5.32 Å². The smallest absolute Gasteiger partial charge is 0.338 e. The topological polar surface area (TPSA) is 139 Å². The van der Waals surface area contributed by atoms with Crippen molar-refractivity contribution in [2.45, 2.75) is 50.7 Å². The Morgan fingerprint density at radius 2 is 1.91 bits per heavy atom. The summed E-state index contributed by atoms with van der Waals surface area (Å²) in [7, 11) is 1.39. The molecule has 1 aliphatic heterocycles. The first kappa shape index (κ1) is 34.6. The quantitative estimate of drug-likeness (QED) is 0.130. The fraction of sp³-hybridized carbons (Fsp3) is 0.333. The first-order valence-corrected chi connectivity index (χ1v) is 15.0. The standard InChI is InChI=1S/C33H33Cl2F2N5O4/c1-32(2,3)14-26-33(16-38,21-10-9-19(34)13-23(21)36)28(20-6-5-7-22(35)29(20)37)30(42-26)41-17-40-24-11-8-18(12-25(24)45-4)31(44)46-15-27(39)43/h5-13,17,26,28,30,42H,14-15H2,1-4H3,(H2,39,43)(H,40,41)/t26-,28-,30+,33-/m0/s1. The first-order chi connectivity index (χ1) is 21.7. The number of carbonyl (C=O) groups excluding carboxylic acids is 2. The second-order valence-corrected chi connectivity index (χ2v) is 12.9. The van der Waals surface area contributed by atoms with Crippen molar-refractivity contribution < 1.29 is 27.8 Å². The second-order valence-electron chi connectivity index (χ2n) is 12.0. The van der Waals surface area contributed by atoms with Gasteiger partial charge in [-0.05, 0) is 53.8 Å². The molecule has 3 aromatic rings. The Morgan fingerprint density at radius 3 is 2.54 bits per heavy atom. The highest BCUT2D eigenvalue weighted by molar-refractivity contribution is 6.31. The van der Waals surface area contributed by atoms with Crippen LogP contribution in [0.15, 0.2) is 59.6 Å². The van der Waals surface area contributed by atoms with Gasteiger partial charge in [-0.2, -0.15) is 5.26 Å². The minimum atomic E-state index is -1.64. The number of nitrogens with zero attached hydrogens (tertiary/aromatic N) is 2. The molecule has 1 heterocycles. The zero-order valence-electron chi connectivity index (χ0n) is 25.5. The van der Waals surface area contributed by atoms with Crippen LogP contribution in [0.25, 0.3) is 0 Å². The van der Waals surface area contributed by atoms with Gasteiger partial charge in [0.25, 0.3) is 5.91 Å². The van der Waals surface area contributed by atoms with E-state index in [-0.39, 0.29) is 37.9 Å². The van der Waals surface area contributed by atoms with E-state index in [1.807, 2.05) is 20.8 Å². The van der Waals surface area contributed by atoms with E-state index in [0.29, 0.717) is 12.1 Å². The average molecular weight is 673 g/mol. The van der Waals surface area contributed by atoms with Gasteiger partial charge < -0.3 is 20.5 Å². The van der Waals surface area contributed by atoms with E-state index >= 15 is 8.78 Å². The van der Waals surface area contributed by atoms with E-state index in [1.165, 1.54) is 55.9 Å². The minimum absolute atomic E-state index is 0.0525. The van der Waals surface area contributed by atoms with Gasteiger partial charge in [0.05, 0.1) is 35.8 Å². The van der Waals surface area contributed by atoms with Crippen LogP contribution in [0.3, 0.4) is 0 Å². The summed E-state index contributed by atoms with van der Waals surface area (Å²) >= 11 is 12.3. The zero-order chi connectivity index (χ0) is 33.8. The van der Waals surface area contributed by atoms with E-state index in [0.717, 1.165) is 6.07 Å². The Bertz CT molecular complexity index is 1710. The fourth-order valence-electron chi connectivity index (χ4n) is 5.77. The van der Waals surface area contributed by atoms with Crippen LogP contribution in [0.4, 0.5) is 14.5 Å². The van der Waals surface area contributed by atoms with Crippen LogP contribution in [0.1, 0.15) is 54.6 Å². The van der Waals surface area contributed by atoms with E-state index in [9.17, 15) is 14.9 Å². The average Bonchev–Trinajstić information content (AvgIpc) is 3.28. The summed E-state index contributed by atoms with van der Waals surface area (Å²) in [6.07, 6.45) is 0.814. The molecule has 1 fully saturated rings. The van der Waals surface area contributed by atoms with Gasteiger partial charge in [0.15, 0.2) is 6.61 Å². The summed E-state index contributed by atoms with van der Waals surface area (Å²) in [5.74, 6) is -3.81. The summed E-state index contributed by atoms with van der Waals surface area (Å²) in [5.41, 5.74) is 3.73. The second kappa shape index (κ2) is 14.0. The van der Waals surface area contributed by atoms with Crippen LogP contribution in [-0.4, -0.2) is 44.1 Å². The molecule has 0 aliphatic carbocycles. The molecule has 4 atom stereocenters. The van der Waals surface area contributed by atoms with Crippen LogP contribution in [-0.2, 0) is 14.9 Å². The molecule has 4 rings (SSSR count). The molecule has 0 radical (unpaired) electrons. The Kier molecular flexibility index (Phi) is 10.6. The van der Waals surface area contributed by atoms with Gasteiger partial charge in [-0.3, -0.25) is 15.1 Å². The molecule has 4 N–H and O–H groups in total. The zero-order valence-corrected chi connectivity index (χ0v) is 27.0. The van der Waals surface area contributed by atoms with Crippen LogP contribution in [0.2, 0.25) is 10.0 Å². The van der Waals surface area contributed by atoms with Crippen molar-refractivity contribution in [3.63, 3.8) is 0 Å². The van der Waals surface area contributed by atoms with Crippen LogP contribution in [0.5, 0.6) is 5.75 Å². The van der Waals surface area contributed by atoms with Crippen LogP contribution in [0, 0.1) is 28.4 Å². The number of ether oxygens (including phenoxy) is 2. The predicted molar refractivity (Wildman–Crippen MR) is 172 cm³/mol. The third kappa shape index (κ3) is 7.25. The van der Waals surface area contributed by atoms with Gasteiger partial charge in [0.1, 0.15) is 29.0 Å². The molecule has 0 spiro atoms. The molecule has 1 amide bonds. The third-order valence-corrected chi connectivity index (χ3v) is 8.19. The lowest BCUT2D eigenvalue weighted by atomic mass is 9.63. The molecule has 0 unspecified atom stereocenters. The molecule has 13 heteroatoms. The monoisotopic (exact) mass is 671 g/mol. The molecule has 3 aromatic carbocycles. The number of carbonyl (C=O) groups is 2. The maximum Gasteiger partial charge on any atom is 0.338 e. The van der Waals surface area contributed by atoms with Gasteiger partial charge in [-0.1, -0.05) is 62.2 Å². The van der Waals surface area contributed by atoms with Crippen molar-refractivity contribution in [3.05, 3.63) is 93.0 Å². The lowest BCUT2D eigenvalue weighted by Gasteiger charge is -2.37. The van der Waals surface area contributed by atoms with Gasteiger partial charge in [0, 0.05) is 22.5 Å². The maximum atomic E-state index is 15.8. The summed E-state index contributed by atoms with van der Waals surface area (Å²) < 4.78 is 41.8. The lowest BCUT2D eigenvalue weighted by Crippen LogP contribution is -2.44. The van der Waals surface area contributed by atoms with Gasteiger partial charge in [0.2, 0.25) is 0 Å². The van der Waals surface area contributed by atoms with E-state index < -0.39 is 53.7 Å². The Morgan fingerprint density at radius 1 is 1.17 bits per heavy atom. The van der Waals surface area contributed by atoms with Gasteiger partial charge in [-0.25, -0.2) is 13.6 Å². The van der Waals surface area contributed by atoms with Crippen molar-refractivity contribution in [2.24, 2.45) is 16.1 Å². The number of nitrogens with one attached hydrogen (secondary N) is 2. The molecule has 0 saturated carbocycles. The lowest BCUT2D eigenvalue weighted by molar-refractivity contribution is -0.121. The molecule has 242 valence electrons. The highest BCUT2D eigenvalue weighted by atomic mass is 35.5. The van der Waals surface area contributed by atoms with Gasteiger partial charge in [-0.15, -0.1) is 0 Å². The number of anilines is 1. The number of primary amides is 1. The number of esters is 1. The molecule has 0 aromatic heterocycles. The van der Waals surface area contributed by atoms with Crippen LogP contribution < -0.4 is 21.1 Å². The highest BCUT2D eigenvalue weighted by Crippen LogP contribution is 2.53. The SMILES string of the molecule is COc1cc(C(=O)OCC(N)=O)ccc1NC=N[C@@H]1N[C@@H](CC(C)(C)C)[C@](C#N)(c2ccc(Cl)cc2F)[C@H]1c1cccc(Cl)c1F. The van der Waals surface area contributed by atoms with E-state index in [4.69, 9.17) is 38.4 Å². The summed E-state index contributed by atoms with van der Waals surface area (Å²) in [6.45, 7) is 5.39. The summed E-state index contributed by atoms with van der Waals surface area (Å²) in [5, 5.41) is 17.3. The molecule has 46 heavy (non-hydrogen) atoms. The normalized spacial score (nSPS) is 21.2. The number of nitrogens with two attached hydrogens (primary N) is 1. The number of amides is 1. The van der Waals surface area contributed by atoms with Crippen molar-refractivity contribution in [2.75, 3.05) is 19.0 Å². The van der Waals surface area contributed by atoms with Crippen LogP contribution >= 0.6 is 23.2 Å². The number of aliphatic imine (C=N–C) groups is 1. The number of halogens is 4. The number of hydrogen-bond acceptors (Lipinski definition) is 7. The number of methoxy groups -OCH3 is 1. The number of benzene rings is 3. The van der Waals surface area contributed by atoms with Crippen molar-refractivity contribution >= 4 is 47.1 Å². The maximum absolute atomic E-state index is 15.8. The molecule has 9 nitrogen and oxygen atoms in total. The van der Waals surface area contributed by atoms with Crippen molar-refractivity contribution in [3.8, 4) is 11.8 Å². The molecular formula is C33H33Cl2F2N5O4. The van der Waals surface area contributed by atoms with E-state index in [1.54, 1.807) is 6.07 Å². The van der Waals surface area contributed by atoms with E-state index in [2.05, 4.69) is 21.7 Å². The summed E-state index contributed by atoms with van der Waals surface area (Å²) in [4.78, 5) is 27.9. The minimum Gasteiger partial charge on any atom is -0.495 e. The first-order valence-electron chi connectivity index (χ1n) is 14.2. The molecule has 1 aliphatic rings. The number of hydrogen-bond donors (Lipinski definition) is 3. The third-order valence-electron chi connectivity index (χ3n) is 7.66. The Labute approximate surface area is 275 Å².